The number of rotatable bonds is 8. The largest absolute Gasteiger partial charge is 0.420 e. The third-order valence-corrected chi connectivity index (χ3v) is 4.73. The Kier molecular flexibility index (Phi) is 4.99. The van der Waals surface area contributed by atoms with E-state index in [1.165, 1.54) is 0 Å². The van der Waals surface area contributed by atoms with Gasteiger partial charge in [-0.2, -0.15) is 4.98 Å². The third kappa shape index (κ3) is 4.24. The molecule has 1 aliphatic carbocycles. The van der Waals surface area contributed by atoms with Crippen LogP contribution in [-0.4, -0.2) is 36.7 Å². The van der Waals surface area contributed by atoms with E-state index in [4.69, 9.17) is 4.42 Å². The van der Waals surface area contributed by atoms with Crippen LogP contribution in [0.3, 0.4) is 0 Å². The van der Waals surface area contributed by atoms with E-state index in [0.29, 0.717) is 41.6 Å². The summed E-state index contributed by atoms with van der Waals surface area (Å²) in [5.41, 5.74) is 2.53. The molecular weight excluding hydrogens is 380 g/mol. The lowest BCUT2D eigenvalue weighted by atomic mass is 10.2. The molecule has 9 nitrogen and oxygen atoms in total. The predicted octanol–water partition coefficient (Wildman–Crippen LogP) is 3.59. The molecule has 0 unspecified atom stereocenters. The monoisotopic (exact) mass is 400 g/mol. The van der Waals surface area contributed by atoms with Gasteiger partial charge in [0.25, 0.3) is 5.89 Å². The molecule has 0 spiro atoms. The number of nitrogens with zero attached hydrogens (tertiary/aromatic N) is 6. The van der Waals surface area contributed by atoms with Crippen LogP contribution < -0.4 is 10.6 Å². The van der Waals surface area contributed by atoms with E-state index in [1.807, 2.05) is 36.4 Å². The number of anilines is 3. The maximum Gasteiger partial charge on any atom is 0.253 e. The molecule has 0 aliphatic heterocycles. The minimum Gasteiger partial charge on any atom is -0.420 e. The zero-order chi connectivity index (χ0) is 20.2. The molecule has 9 heteroatoms. The van der Waals surface area contributed by atoms with E-state index in [1.54, 1.807) is 18.7 Å². The molecule has 30 heavy (non-hydrogen) atoms. The van der Waals surface area contributed by atoms with Crippen LogP contribution in [0.15, 0.2) is 59.5 Å². The van der Waals surface area contributed by atoms with Crippen molar-refractivity contribution in [3.63, 3.8) is 0 Å². The summed E-state index contributed by atoms with van der Waals surface area (Å²) in [6.45, 7) is 0.646. The second-order valence-corrected chi connectivity index (χ2v) is 7.04. The van der Waals surface area contributed by atoms with Crippen LogP contribution in [0.2, 0.25) is 0 Å². The van der Waals surface area contributed by atoms with E-state index >= 15 is 0 Å². The Morgan fingerprint density at radius 1 is 1.03 bits per heavy atom. The molecule has 4 aromatic rings. The highest BCUT2D eigenvalue weighted by molar-refractivity contribution is 5.73. The molecule has 3 heterocycles. The molecule has 3 aromatic heterocycles. The zero-order valence-electron chi connectivity index (χ0n) is 16.2. The molecule has 0 radical (unpaired) electrons. The van der Waals surface area contributed by atoms with Gasteiger partial charge >= 0.3 is 0 Å². The minimum absolute atomic E-state index is 0.389. The molecule has 0 saturated heterocycles. The summed E-state index contributed by atoms with van der Waals surface area (Å²) in [6, 6.07) is 11.7. The maximum atomic E-state index is 5.87. The van der Waals surface area contributed by atoms with E-state index in [0.717, 1.165) is 30.6 Å². The van der Waals surface area contributed by atoms with Crippen LogP contribution in [0.5, 0.6) is 0 Å². The van der Waals surface area contributed by atoms with E-state index < -0.39 is 0 Å². The lowest BCUT2D eigenvalue weighted by Crippen LogP contribution is -2.10. The standard InChI is InChI=1S/C21H20N8O/c1-2-4-16(5-3-1)26-18-17(20-29-28-19(30-20)14-6-7-14)12-24-21(27-18)23-11-9-15-8-10-22-13-25-15/h1-5,8,10,12-14H,6-7,9,11H2,(H2,23,24,26,27). The summed E-state index contributed by atoms with van der Waals surface area (Å²) >= 11 is 0. The number of para-hydroxylation sites is 1. The van der Waals surface area contributed by atoms with Gasteiger partial charge in [-0.15, -0.1) is 10.2 Å². The van der Waals surface area contributed by atoms with E-state index in [9.17, 15) is 0 Å². The van der Waals surface area contributed by atoms with Gasteiger partial charge in [-0.25, -0.2) is 15.0 Å². The maximum absolute atomic E-state index is 5.87. The summed E-state index contributed by atoms with van der Waals surface area (Å²) in [4.78, 5) is 17.2. The van der Waals surface area contributed by atoms with Gasteiger partial charge in [-0.3, -0.25) is 0 Å². The van der Waals surface area contributed by atoms with Crippen LogP contribution in [-0.2, 0) is 6.42 Å². The van der Waals surface area contributed by atoms with Gasteiger partial charge in [0.05, 0.1) is 0 Å². The van der Waals surface area contributed by atoms with E-state index in [2.05, 4.69) is 40.8 Å². The third-order valence-electron chi connectivity index (χ3n) is 4.73. The minimum atomic E-state index is 0.389. The molecule has 0 amide bonds. The summed E-state index contributed by atoms with van der Waals surface area (Å²) in [5.74, 6) is 2.60. The lowest BCUT2D eigenvalue weighted by molar-refractivity contribution is 0.508. The molecule has 0 bridgehead atoms. The first-order valence-electron chi connectivity index (χ1n) is 9.87. The number of hydrogen-bond donors (Lipinski definition) is 2. The van der Waals surface area contributed by atoms with Gasteiger partial charge in [-0.1, -0.05) is 18.2 Å². The van der Waals surface area contributed by atoms with Crippen molar-refractivity contribution in [2.24, 2.45) is 0 Å². The molecular formula is C21H20N8O. The predicted molar refractivity (Wildman–Crippen MR) is 111 cm³/mol. The first-order valence-corrected chi connectivity index (χ1v) is 9.87. The highest BCUT2D eigenvalue weighted by Crippen LogP contribution is 2.40. The first kappa shape index (κ1) is 18.2. The zero-order valence-corrected chi connectivity index (χ0v) is 16.2. The Morgan fingerprint density at radius 3 is 2.73 bits per heavy atom. The Morgan fingerprint density at radius 2 is 1.93 bits per heavy atom. The topological polar surface area (TPSA) is 115 Å². The van der Waals surface area contributed by atoms with Crippen molar-refractivity contribution < 1.29 is 4.42 Å². The van der Waals surface area contributed by atoms with Gasteiger partial charge in [-0.05, 0) is 31.0 Å². The molecule has 0 atom stereocenters. The van der Waals surface area contributed by atoms with Gasteiger partial charge in [0.1, 0.15) is 17.7 Å². The van der Waals surface area contributed by atoms with Crippen molar-refractivity contribution in [3.05, 3.63) is 66.7 Å². The average Bonchev–Trinajstić information content (AvgIpc) is 3.53. The van der Waals surface area contributed by atoms with Gasteiger partial charge in [0, 0.05) is 42.7 Å². The number of nitrogens with one attached hydrogen (secondary N) is 2. The van der Waals surface area contributed by atoms with Crippen molar-refractivity contribution in [1.82, 2.24) is 30.1 Å². The quantitative estimate of drug-likeness (QED) is 0.458. The molecule has 1 aromatic carbocycles. The molecule has 2 N–H and O–H groups in total. The van der Waals surface area contributed by atoms with Crippen LogP contribution in [0.25, 0.3) is 11.5 Å². The Balaban J connectivity index is 1.38. The van der Waals surface area contributed by atoms with Crippen molar-refractivity contribution in [1.29, 1.82) is 0 Å². The fraction of sp³-hybridized carbons (Fsp3) is 0.238. The summed E-state index contributed by atoms with van der Waals surface area (Å²) in [7, 11) is 0. The first-order chi connectivity index (χ1) is 14.8. The molecule has 1 saturated carbocycles. The molecule has 1 fully saturated rings. The highest BCUT2D eigenvalue weighted by atomic mass is 16.4. The van der Waals surface area contributed by atoms with Crippen LogP contribution in [0.4, 0.5) is 17.5 Å². The fourth-order valence-corrected chi connectivity index (χ4v) is 2.98. The second-order valence-electron chi connectivity index (χ2n) is 7.04. The van der Waals surface area contributed by atoms with Gasteiger partial charge in [0.15, 0.2) is 0 Å². The van der Waals surface area contributed by atoms with Crippen LogP contribution in [0.1, 0.15) is 30.3 Å². The van der Waals surface area contributed by atoms with Gasteiger partial charge < -0.3 is 15.1 Å². The lowest BCUT2D eigenvalue weighted by Gasteiger charge is -2.11. The van der Waals surface area contributed by atoms with Crippen molar-refractivity contribution >= 4 is 17.5 Å². The summed E-state index contributed by atoms with van der Waals surface area (Å²) in [5, 5.41) is 15.0. The van der Waals surface area contributed by atoms with Gasteiger partial charge in [0.2, 0.25) is 11.8 Å². The Labute approximate surface area is 173 Å². The van der Waals surface area contributed by atoms with Crippen LogP contribution >= 0.6 is 0 Å². The Hall–Kier alpha value is -3.88. The molecule has 1 aliphatic rings. The van der Waals surface area contributed by atoms with Crippen molar-refractivity contribution in [2.75, 3.05) is 17.2 Å². The van der Waals surface area contributed by atoms with Crippen molar-refractivity contribution in [2.45, 2.75) is 25.2 Å². The average molecular weight is 400 g/mol. The van der Waals surface area contributed by atoms with E-state index in [-0.39, 0.29) is 0 Å². The second kappa shape index (κ2) is 8.24. The van der Waals surface area contributed by atoms with Crippen molar-refractivity contribution in [3.8, 4) is 11.5 Å². The van der Waals surface area contributed by atoms with Crippen LogP contribution in [0, 0.1) is 0 Å². The number of hydrogen-bond acceptors (Lipinski definition) is 9. The summed E-state index contributed by atoms with van der Waals surface area (Å²) in [6.07, 6.45) is 7.92. The summed E-state index contributed by atoms with van der Waals surface area (Å²) < 4.78 is 5.87. The molecule has 150 valence electrons. The SMILES string of the molecule is c1ccc(Nc2nc(NCCc3ccncn3)ncc2-c2nnc(C3CC3)o2)cc1. The highest BCUT2D eigenvalue weighted by Gasteiger charge is 2.30. The fourth-order valence-electron chi connectivity index (χ4n) is 2.98. The Bertz CT molecular complexity index is 1110. The number of aromatic nitrogens is 6. The molecule has 5 rings (SSSR count). The number of benzene rings is 1. The smallest absolute Gasteiger partial charge is 0.253 e. The normalized spacial score (nSPS) is 13.2.